The molecular formula is C72H70BN3S. The first kappa shape index (κ1) is 50.4. The van der Waals surface area contributed by atoms with Gasteiger partial charge >= 0.3 is 0 Å². The first-order valence-corrected chi connectivity index (χ1v) is 28.4. The molecule has 0 fully saturated rings. The summed E-state index contributed by atoms with van der Waals surface area (Å²) in [6.45, 7) is 27.6. The summed E-state index contributed by atoms with van der Waals surface area (Å²) in [5, 5.41) is 1.03. The number of aromatic nitrogens is 1. The Morgan fingerprint density at radius 3 is 1.19 bits per heavy atom. The van der Waals surface area contributed by atoms with Crippen LogP contribution in [0, 0.1) is 0 Å². The minimum absolute atomic E-state index is 0.00566. The molecule has 5 heteroatoms. The highest BCUT2D eigenvalue weighted by Gasteiger charge is 2.47. The Hall–Kier alpha value is -7.47. The molecule has 10 aromatic rings. The topological polar surface area (TPSA) is 19.4 Å². The van der Waals surface area contributed by atoms with Crippen molar-refractivity contribution in [2.45, 2.75) is 110 Å². The Bertz CT molecular complexity index is 3720. The van der Waals surface area contributed by atoms with Crippen LogP contribution in [0.15, 0.2) is 206 Å². The Labute approximate surface area is 462 Å². The smallest absolute Gasteiger partial charge is 0.252 e. The van der Waals surface area contributed by atoms with Gasteiger partial charge in [-0.1, -0.05) is 235 Å². The minimum Gasteiger partial charge on any atom is -0.311 e. The van der Waals surface area contributed by atoms with Crippen molar-refractivity contribution >= 4 is 78.8 Å². The van der Waals surface area contributed by atoms with E-state index in [9.17, 15) is 0 Å². The number of nitrogens with zero attached hydrogens (tertiary/aromatic N) is 3. The highest BCUT2D eigenvalue weighted by atomic mass is 32.1. The van der Waals surface area contributed by atoms with Crippen LogP contribution < -0.4 is 26.2 Å². The molecule has 0 amide bonds. The lowest BCUT2D eigenvalue weighted by atomic mass is 9.33. The van der Waals surface area contributed by atoms with Crippen molar-refractivity contribution in [2.75, 3.05) is 9.80 Å². The van der Waals surface area contributed by atoms with Crippen molar-refractivity contribution in [2.24, 2.45) is 0 Å². The highest BCUT2D eigenvalue weighted by molar-refractivity contribution is 7.21. The lowest BCUT2D eigenvalue weighted by molar-refractivity contribution is 0.590. The lowest BCUT2D eigenvalue weighted by Crippen LogP contribution is -2.61. The minimum atomic E-state index is -0.718. The Morgan fingerprint density at radius 2 is 0.753 bits per heavy atom. The molecule has 77 heavy (non-hydrogen) atoms. The highest BCUT2D eigenvalue weighted by Crippen LogP contribution is 2.52. The maximum absolute atomic E-state index is 5.52. The molecule has 9 aromatic carbocycles. The summed E-state index contributed by atoms with van der Waals surface area (Å²) in [6, 6.07) is 78.8. The molecule has 382 valence electrons. The number of hydrogen-bond donors (Lipinski definition) is 0. The number of thiazole rings is 1. The first-order valence-electron chi connectivity index (χ1n) is 27.6. The van der Waals surface area contributed by atoms with E-state index in [0.29, 0.717) is 0 Å². The fourth-order valence-corrected chi connectivity index (χ4v) is 13.2. The number of hydrogen-bond acceptors (Lipinski definition) is 4. The summed E-state index contributed by atoms with van der Waals surface area (Å²) in [6.07, 6.45) is 0. The molecule has 0 N–H and O–H groups in total. The van der Waals surface area contributed by atoms with E-state index >= 15 is 0 Å². The molecule has 12 rings (SSSR count). The van der Waals surface area contributed by atoms with Crippen LogP contribution in [0.3, 0.4) is 0 Å². The van der Waals surface area contributed by atoms with E-state index in [1.165, 1.54) is 88.3 Å². The van der Waals surface area contributed by atoms with Gasteiger partial charge in [0.2, 0.25) is 0 Å². The summed E-state index contributed by atoms with van der Waals surface area (Å²) < 4.78 is 1.17. The summed E-state index contributed by atoms with van der Waals surface area (Å²) in [7, 11) is 0. The molecule has 0 saturated heterocycles. The summed E-state index contributed by atoms with van der Waals surface area (Å²) in [5.41, 5.74) is 22.3. The zero-order chi connectivity index (χ0) is 53.8. The SMILES string of the molecule is CC(C)(C)c1ccc(-c2nc3cc4c(cc3s2)N(c2ccc(C(C)(C)C)cc2)c2cc(C(c3ccccc3)(c3ccccc3)c3ccccc3)cc3c2B4c2cc(C(C)(C)C)ccc2N3c2ccc(C(C)(C)C)cc2)cc1. The quantitative estimate of drug-likeness (QED) is 0.117. The molecule has 0 unspecified atom stereocenters. The second-order valence-electron chi connectivity index (χ2n) is 25.7. The summed E-state index contributed by atoms with van der Waals surface area (Å²) >= 11 is 1.79. The zero-order valence-electron chi connectivity index (χ0n) is 47.0. The molecule has 0 bridgehead atoms. The van der Waals surface area contributed by atoms with Crippen LogP contribution in [0.25, 0.3) is 20.8 Å². The maximum atomic E-state index is 5.52. The number of rotatable bonds is 7. The van der Waals surface area contributed by atoms with E-state index in [1.807, 2.05) is 0 Å². The average Bonchev–Trinajstić information content (AvgIpc) is 3.92. The van der Waals surface area contributed by atoms with E-state index in [2.05, 4.69) is 299 Å². The van der Waals surface area contributed by atoms with Crippen LogP contribution in [0.2, 0.25) is 0 Å². The van der Waals surface area contributed by atoms with Gasteiger partial charge in [0.15, 0.2) is 0 Å². The van der Waals surface area contributed by atoms with Crippen molar-refractivity contribution in [3.8, 4) is 10.6 Å². The van der Waals surface area contributed by atoms with Gasteiger partial charge in [-0.15, -0.1) is 11.3 Å². The van der Waals surface area contributed by atoms with Gasteiger partial charge < -0.3 is 9.80 Å². The van der Waals surface area contributed by atoms with E-state index in [0.717, 1.165) is 27.5 Å². The van der Waals surface area contributed by atoms with Crippen LogP contribution in [0.1, 0.15) is 128 Å². The van der Waals surface area contributed by atoms with E-state index in [4.69, 9.17) is 4.98 Å². The molecule has 3 heterocycles. The molecule has 0 aliphatic carbocycles. The van der Waals surface area contributed by atoms with Crippen LogP contribution in [-0.4, -0.2) is 11.7 Å². The number of anilines is 6. The van der Waals surface area contributed by atoms with Crippen LogP contribution in [0.5, 0.6) is 0 Å². The molecule has 0 atom stereocenters. The van der Waals surface area contributed by atoms with Crippen LogP contribution >= 0.6 is 11.3 Å². The van der Waals surface area contributed by atoms with Gasteiger partial charge in [0.1, 0.15) is 5.01 Å². The second kappa shape index (κ2) is 18.3. The fraction of sp³-hybridized carbons (Fsp3) is 0.236. The molecule has 1 aromatic heterocycles. The first-order chi connectivity index (χ1) is 36.7. The maximum Gasteiger partial charge on any atom is 0.252 e. The Kier molecular flexibility index (Phi) is 12.0. The Morgan fingerprint density at radius 1 is 0.351 bits per heavy atom. The fourth-order valence-electron chi connectivity index (χ4n) is 12.2. The van der Waals surface area contributed by atoms with Crippen molar-refractivity contribution in [1.82, 2.24) is 4.98 Å². The van der Waals surface area contributed by atoms with Crippen molar-refractivity contribution in [3.05, 3.63) is 251 Å². The van der Waals surface area contributed by atoms with Crippen LogP contribution in [-0.2, 0) is 27.1 Å². The standard InChI is InChI=1S/C72H70BN3S/c1-68(2,3)48-30-28-47(29-31-48)67-74-60-45-59-62(46-65(60)77-67)76(57-39-34-50(35-40-57)70(7,8)9)64-44-55(72(51-22-16-13-17-23-51,52-24-18-14-19-25-52)53-26-20-15-21-27-53)43-63-66(64)73(59)58-42-54(71(10,11)12)36-41-61(58)75(63)56-37-32-49(33-38-56)69(4,5)6/h13-46H,1-12H3. The third-order valence-corrected chi connectivity index (χ3v) is 17.5. The summed E-state index contributed by atoms with van der Waals surface area (Å²) in [5.74, 6) is 0. The molecule has 2 aliphatic heterocycles. The third-order valence-electron chi connectivity index (χ3n) is 16.5. The summed E-state index contributed by atoms with van der Waals surface area (Å²) in [4.78, 5) is 10.7. The Balaban J connectivity index is 1.23. The van der Waals surface area contributed by atoms with Crippen molar-refractivity contribution in [1.29, 1.82) is 0 Å². The van der Waals surface area contributed by atoms with E-state index in [1.54, 1.807) is 11.3 Å². The van der Waals surface area contributed by atoms with Gasteiger partial charge in [0, 0.05) is 39.7 Å². The van der Waals surface area contributed by atoms with Crippen molar-refractivity contribution < 1.29 is 0 Å². The van der Waals surface area contributed by atoms with Gasteiger partial charge in [0.25, 0.3) is 6.71 Å². The van der Waals surface area contributed by atoms with Gasteiger partial charge in [-0.25, -0.2) is 4.98 Å². The van der Waals surface area contributed by atoms with E-state index in [-0.39, 0.29) is 28.4 Å². The molecule has 3 nitrogen and oxygen atoms in total. The van der Waals surface area contributed by atoms with Crippen LogP contribution in [0.4, 0.5) is 34.1 Å². The second-order valence-corrected chi connectivity index (χ2v) is 26.8. The number of fused-ring (bicyclic) bond motifs is 5. The van der Waals surface area contributed by atoms with Gasteiger partial charge in [0.05, 0.1) is 15.6 Å². The predicted octanol–water partition coefficient (Wildman–Crippen LogP) is 17.6. The van der Waals surface area contributed by atoms with Gasteiger partial charge in [-0.2, -0.15) is 0 Å². The monoisotopic (exact) mass is 1020 g/mol. The largest absolute Gasteiger partial charge is 0.311 e. The van der Waals surface area contributed by atoms with Crippen molar-refractivity contribution in [3.63, 3.8) is 0 Å². The molecule has 0 saturated carbocycles. The normalized spacial score (nSPS) is 13.6. The lowest BCUT2D eigenvalue weighted by Gasteiger charge is -2.46. The molecule has 0 radical (unpaired) electrons. The molecular weight excluding hydrogens is 950 g/mol. The number of benzene rings is 9. The predicted molar refractivity (Wildman–Crippen MR) is 332 cm³/mol. The van der Waals surface area contributed by atoms with E-state index < -0.39 is 5.41 Å². The van der Waals surface area contributed by atoms with Gasteiger partial charge in [-0.3, -0.25) is 0 Å². The molecule has 0 spiro atoms. The molecule has 2 aliphatic rings. The zero-order valence-corrected chi connectivity index (χ0v) is 47.8. The third kappa shape index (κ3) is 8.63. The van der Waals surface area contributed by atoms with Gasteiger partial charge in [-0.05, 0) is 137 Å². The average molecular weight is 1020 g/mol.